The van der Waals surface area contributed by atoms with Crippen molar-refractivity contribution in [2.24, 2.45) is 0 Å². The van der Waals surface area contributed by atoms with Gasteiger partial charge < -0.3 is 27.8 Å². The van der Waals surface area contributed by atoms with Crippen LogP contribution in [-0.4, -0.2) is 0 Å². The number of hydrogen-bond acceptors (Lipinski definition) is 2. The normalized spacial score (nSPS) is 8.38. The largest absolute Gasteiger partial charge is 0.731 e. The van der Waals surface area contributed by atoms with E-state index in [0.717, 1.165) is 0 Å². The fraction of sp³-hybridized carbons (Fsp3) is 0.500. The summed E-state index contributed by atoms with van der Waals surface area (Å²) in [6.45, 7) is 22.0. The number of nitrogens with zero attached hydrogens (tertiary/aromatic N) is 2. The Labute approximate surface area is 179 Å². The Kier molecular flexibility index (Phi) is 18.8. The van der Waals surface area contributed by atoms with Gasteiger partial charge in [0.15, 0.2) is 0 Å². The predicted octanol–water partition coefficient (Wildman–Crippen LogP) is 5.00. The van der Waals surface area contributed by atoms with E-state index >= 15 is 0 Å². The molecule has 6 heteroatoms. The predicted molar refractivity (Wildman–Crippen MR) is 102 cm³/mol. The van der Waals surface area contributed by atoms with Gasteiger partial charge in [-0.15, -0.1) is 9.81 Å². The summed E-state index contributed by atoms with van der Waals surface area (Å²) in [6.07, 6.45) is 0. The summed E-state index contributed by atoms with van der Waals surface area (Å²) in [7, 11) is 0. The van der Waals surface area contributed by atoms with Crippen molar-refractivity contribution in [3.8, 4) is 0 Å². The Bertz CT molecular complexity index is 456. The number of hydrogen-bond donors (Lipinski definition) is 0. The minimum atomic E-state index is 0. The van der Waals surface area contributed by atoms with Crippen molar-refractivity contribution in [3.05, 3.63) is 65.4 Å². The molecule has 0 atom stereocenters. The molecule has 0 unspecified atom stereocenters. The van der Waals surface area contributed by atoms with Crippen LogP contribution in [0.25, 0.3) is 0 Å². The maximum absolute atomic E-state index is 7.25. The molecular weight excluding hydrogens is 418 g/mol. The van der Waals surface area contributed by atoms with Crippen molar-refractivity contribution in [2.45, 2.75) is 69.2 Å². The quantitative estimate of drug-likeness (QED) is 0.532. The van der Waals surface area contributed by atoms with E-state index < -0.39 is 0 Å². The molecule has 0 bridgehead atoms. The molecule has 2 rings (SSSR count). The van der Waals surface area contributed by atoms with Gasteiger partial charge in [-0.2, -0.15) is 27.8 Å². The average molecular weight is 448 g/mol. The van der Waals surface area contributed by atoms with Crippen LogP contribution >= 0.6 is 0 Å². The van der Waals surface area contributed by atoms with E-state index in [9.17, 15) is 0 Å². The fourth-order valence-electron chi connectivity index (χ4n) is 2.81. The van der Waals surface area contributed by atoms with Crippen LogP contribution in [0.3, 0.4) is 0 Å². The zero-order valence-corrected chi connectivity index (χ0v) is 19.5. The van der Waals surface area contributed by atoms with Gasteiger partial charge in [0.25, 0.3) is 0 Å². The molecule has 2 aromatic carbocycles. The van der Waals surface area contributed by atoms with Gasteiger partial charge in [0.05, 0.1) is 0 Å². The van der Waals surface area contributed by atoms with Gasteiger partial charge in [-0.3, -0.25) is 0 Å². The van der Waals surface area contributed by atoms with Crippen LogP contribution in [0.2, 0.25) is 0 Å². The van der Waals surface area contributed by atoms with Crippen LogP contribution in [0.4, 0.5) is 0 Å². The maximum Gasteiger partial charge on any atom is 0.120 e. The van der Waals surface area contributed by atoms with Crippen LogP contribution in [0, 0.1) is 79.1 Å². The third-order valence-corrected chi connectivity index (χ3v) is 5.62. The molecule has 26 heavy (non-hydrogen) atoms. The topological polar surface area (TPSA) is 78.7 Å². The molecule has 0 spiro atoms. The molecule has 0 aliphatic heterocycles. The summed E-state index contributed by atoms with van der Waals surface area (Å²) in [5.41, 5.74) is 26.2. The van der Waals surface area contributed by atoms with Gasteiger partial charge in [0, 0.05) is 33.6 Å². The van der Waals surface area contributed by atoms with E-state index in [2.05, 4.69) is 69.2 Å². The number of rotatable bonds is 0. The Morgan fingerprint density at radius 2 is 0.654 bits per heavy atom. The van der Waals surface area contributed by atoms with Crippen LogP contribution < -0.4 is 11.2 Å². The second kappa shape index (κ2) is 15.0. The van der Waals surface area contributed by atoms with Crippen molar-refractivity contribution >= 4 is 0 Å². The van der Waals surface area contributed by atoms with E-state index in [1.54, 1.807) is 0 Å². The van der Waals surface area contributed by atoms with Crippen LogP contribution in [-0.2, 0) is 33.6 Å². The zero-order valence-electron chi connectivity index (χ0n) is 17.4. The molecule has 0 fully saturated rings. The van der Waals surface area contributed by atoms with Crippen LogP contribution in [0.15, 0.2) is 0 Å². The van der Waals surface area contributed by atoms with Gasteiger partial charge in [-0.1, -0.05) is 34.6 Å². The molecule has 0 heterocycles. The molecule has 0 aromatic heterocycles. The summed E-state index contributed by atoms with van der Waals surface area (Å²) >= 11 is 0. The van der Waals surface area contributed by atoms with Gasteiger partial charge >= 0.3 is 0 Å². The Balaban J connectivity index is -0.000000147. The fourth-order valence-corrected chi connectivity index (χ4v) is 2.81. The van der Waals surface area contributed by atoms with E-state index in [1.165, 1.54) is 55.6 Å². The molecule has 0 aliphatic rings. The van der Waals surface area contributed by atoms with Crippen molar-refractivity contribution < 1.29 is 33.6 Å². The summed E-state index contributed by atoms with van der Waals surface area (Å²) in [5.74, 6) is 0. The molecule has 0 saturated heterocycles. The van der Waals surface area contributed by atoms with Crippen LogP contribution in [0.5, 0.6) is 0 Å². The van der Waals surface area contributed by atoms with Crippen molar-refractivity contribution in [1.29, 1.82) is 0 Å². The molecule has 0 saturated carbocycles. The Hall–Kier alpha value is -1.09. The minimum Gasteiger partial charge on any atom is -0.731 e. The van der Waals surface area contributed by atoms with Crippen LogP contribution in [0.1, 0.15) is 55.6 Å². The third kappa shape index (κ3) is 7.27. The van der Waals surface area contributed by atoms with Gasteiger partial charge in [-0.05, 0) is 0 Å². The first kappa shape index (κ1) is 32.6. The molecule has 4 nitrogen and oxygen atoms in total. The van der Waals surface area contributed by atoms with E-state index in [-0.39, 0.29) is 33.6 Å². The van der Waals surface area contributed by atoms with Crippen molar-refractivity contribution in [3.63, 3.8) is 0 Å². The first-order valence-corrected chi connectivity index (χ1v) is 7.87. The van der Waals surface area contributed by atoms with Gasteiger partial charge in [0.1, 0.15) is 11.2 Å². The molecule has 156 valence electrons. The van der Waals surface area contributed by atoms with Crippen molar-refractivity contribution in [1.82, 2.24) is 11.2 Å². The van der Waals surface area contributed by atoms with E-state index in [0.29, 0.717) is 0 Å². The number of nitroso groups, excluding NO2 is 2. The standard InChI is InChI=1S/2C10H15.2Co.2NO/c2*1-6-7(2)9(4)10(5)8(6)3;;;2*1-2/h2*1-5H3;;;;/q-5;-1;;;;. The van der Waals surface area contributed by atoms with Gasteiger partial charge in [-0.25, -0.2) is 34.6 Å². The average Bonchev–Trinajstić information content (AvgIpc) is 2.89. The smallest absolute Gasteiger partial charge is 0.120 e. The summed E-state index contributed by atoms with van der Waals surface area (Å²) in [4.78, 5) is 14.5. The second-order valence-electron chi connectivity index (χ2n) is 6.25. The summed E-state index contributed by atoms with van der Waals surface area (Å²) in [5, 5.41) is 0. The van der Waals surface area contributed by atoms with E-state index in [1.807, 2.05) is 0 Å². The molecule has 0 aliphatic carbocycles. The summed E-state index contributed by atoms with van der Waals surface area (Å²) in [6, 6.07) is 0. The summed E-state index contributed by atoms with van der Waals surface area (Å²) < 4.78 is 0. The van der Waals surface area contributed by atoms with Crippen molar-refractivity contribution in [2.75, 3.05) is 0 Å². The first-order chi connectivity index (χ1) is 11.1. The third-order valence-electron chi connectivity index (χ3n) is 5.62. The minimum absolute atomic E-state index is 0. The molecule has 0 amide bonds. The maximum atomic E-state index is 7.25. The molecule has 2 aromatic rings. The molecule has 0 N–H and O–H groups in total. The molecule has 4 radical (unpaired) electrons. The van der Waals surface area contributed by atoms with Gasteiger partial charge in [0.2, 0.25) is 0 Å². The SMILES string of the molecule is C[c-]1[c-](C)[c-](C)[c-](C)[c-]1C.Cc1c(C)c(C)[c-](C)c1C.[Co].[Co].[N]=O.[N]=O. The van der Waals surface area contributed by atoms with E-state index in [4.69, 9.17) is 21.0 Å². The zero-order chi connectivity index (χ0) is 19.8. The second-order valence-corrected chi connectivity index (χ2v) is 6.25. The first-order valence-electron chi connectivity index (χ1n) is 7.87. The monoisotopic (exact) mass is 448 g/mol. The Morgan fingerprint density at radius 1 is 0.500 bits per heavy atom. The molecular formula is C20H30Co2N2O2-6. The Morgan fingerprint density at radius 3 is 0.731 bits per heavy atom.